The summed E-state index contributed by atoms with van der Waals surface area (Å²) < 4.78 is 23.9. The summed E-state index contributed by atoms with van der Waals surface area (Å²) in [7, 11) is 3.11. The molecule has 2 aromatic carbocycles. The summed E-state index contributed by atoms with van der Waals surface area (Å²) in [6, 6.07) is 16.4. The number of aromatic amines is 1. The lowest BCUT2D eigenvalue weighted by molar-refractivity contribution is 0.0435. The Labute approximate surface area is 231 Å². The number of imidazole rings is 1. The maximum atomic E-state index is 5.81. The molecule has 0 aliphatic rings. The van der Waals surface area contributed by atoms with E-state index >= 15 is 0 Å². The maximum Gasteiger partial charge on any atom is 0.264 e. The largest absolute Gasteiger partial charge is 0.448 e. The van der Waals surface area contributed by atoms with Gasteiger partial charge < -0.3 is 23.5 Å². The summed E-state index contributed by atoms with van der Waals surface area (Å²) in [6.45, 7) is 7.11. The van der Waals surface area contributed by atoms with Gasteiger partial charge in [0.25, 0.3) is 11.8 Å². The van der Waals surface area contributed by atoms with Gasteiger partial charge in [-0.05, 0) is 32.5 Å². The van der Waals surface area contributed by atoms with Gasteiger partial charge in [-0.15, -0.1) is 15.3 Å². The van der Waals surface area contributed by atoms with E-state index in [2.05, 4.69) is 86.5 Å². The molecule has 0 fully saturated rings. The van der Waals surface area contributed by atoms with Crippen molar-refractivity contribution in [3.63, 3.8) is 0 Å². The number of methoxy groups -OCH3 is 2. The zero-order valence-corrected chi connectivity index (χ0v) is 23.2. The van der Waals surface area contributed by atoms with Crippen molar-refractivity contribution in [3.8, 4) is 34.3 Å². The zero-order valence-electron chi connectivity index (χ0n) is 23.2. The van der Waals surface area contributed by atoms with Crippen molar-refractivity contribution in [3.05, 3.63) is 59.9 Å². The van der Waals surface area contributed by atoms with Crippen LogP contribution in [0.4, 0.5) is 0 Å². The fourth-order valence-corrected chi connectivity index (χ4v) is 4.44. The molecule has 40 heavy (non-hydrogen) atoms. The summed E-state index contributed by atoms with van der Waals surface area (Å²) in [5.41, 5.74) is 5.30. The quantitative estimate of drug-likeness (QED) is 0.240. The summed E-state index contributed by atoms with van der Waals surface area (Å²) in [4.78, 5) is 4.96. The standard InChI is InChI=1S/C28H32N8O4/c1-28(2,3)14-22-29-23-24(27(40-17-38-5)33-32-26(23)39-16-37-4)36(22)15-18-10-12-19(13-11-18)20-8-6-7-9-21(20)25-30-34-35-31-25/h6-13H,14-17H2,1-5H3,(H,30,31,34,35). The number of hydrogen-bond acceptors (Lipinski definition) is 10. The summed E-state index contributed by atoms with van der Waals surface area (Å²) in [6.07, 6.45) is 0.714. The highest BCUT2D eigenvalue weighted by atomic mass is 16.7. The fraction of sp³-hybridized carbons (Fsp3) is 0.357. The minimum atomic E-state index is -0.0236. The average molecular weight is 545 g/mol. The number of H-pyrrole nitrogens is 1. The number of aromatic nitrogens is 8. The van der Waals surface area contributed by atoms with Gasteiger partial charge in [0, 0.05) is 32.7 Å². The number of fused-ring (bicyclic) bond motifs is 1. The first-order valence-corrected chi connectivity index (χ1v) is 12.8. The van der Waals surface area contributed by atoms with Crippen LogP contribution in [0.15, 0.2) is 48.5 Å². The van der Waals surface area contributed by atoms with E-state index in [0.29, 0.717) is 35.7 Å². The first-order valence-electron chi connectivity index (χ1n) is 12.8. The molecule has 12 heteroatoms. The van der Waals surface area contributed by atoms with Crippen molar-refractivity contribution in [1.82, 2.24) is 40.4 Å². The number of benzene rings is 2. The molecule has 5 aromatic rings. The van der Waals surface area contributed by atoms with Crippen LogP contribution in [0.2, 0.25) is 0 Å². The molecule has 0 saturated carbocycles. The predicted octanol–water partition coefficient (Wildman–Crippen LogP) is 4.28. The fourth-order valence-electron chi connectivity index (χ4n) is 4.44. The van der Waals surface area contributed by atoms with Gasteiger partial charge in [-0.3, -0.25) is 0 Å². The van der Waals surface area contributed by atoms with E-state index in [1.165, 1.54) is 0 Å². The first-order chi connectivity index (χ1) is 19.4. The lowest BCUT2D eigenvalue weighted by Gasteiger charge is -2.19. The second-order valence-corrected chi connectivity index (χ2v) is 10.5. The van der Waals surface area contributed by atoms with Crippen molar-refractivity contribution in [1.29, 1.82) is 0 Å². The van der Waals surface area contributed by atoms with Crippen LogP contribution < -0.4 is 9.47 Å². The molecule has 0 aliphatic heterocycles. The molecule has 12 nitrogen and oxygen atoms in total. The molecule has 0 aliphatic carbocycles. The Bertz CT molecular complexity index is 1560. The number of rotatable bonds is 11. The molecule has 5 rings (SSSR count). The van der Waals surface area contributed by atoms with Crippen molar-refractivity contribution in [2.45, 2.75) is 33.7 Å². The normalized spacial score (nSPS) is 11.7. The maximum absolute atomic E-state index is 5.81. The van der Waals surface area contributed by atoms with Crippen LogP contribution in [0.25, 0.3) is 33.5 Å². The number of nitrogens with one attached hydrogen (secondary N) is 1. The molecule has 1 N–H and O–H groups in total. The predicted molar refractivity (Wildman–Crippen MR) is 148 cm³/mol. The monoisotopic (exact) mass is 544 g/mol. The van der Waals surface area contributed by atoms with Crippen LogP contribution in [0.3, 0.4) is 0 Å². The summed E-state index contributed by atoms with van der Waals surface area (Å²) in [5.74, 6) is 2.09. The van der Waals surface area contributed by atoms with E-state index < -0.39 is 0 Å². The highest BCUT2D eigenvalue weighted by Gasteiger charge is 2.25. The molecule has 0 radical (unpaired) electrons. The first kappa shape index (κ1) is 27.2. The topological polar surface area (TPSA) is 135 Å². The van der Waals surface area contributed by atoms with Crippen molar-refractivity contribution < 1.29 is 18.9 Å². The number of hydrogen-bond donors (Lipinski definition) is 1. The lowest BCUT2D eigenvalue weighted by atomic mass is 9.92. The van der Waals surface area contributed by atoms with Crippen LogP contribution in [0, 0.1) is 5.41 Å². The van der Waals surface area contributed by atoms with E-state index in [1.54, 1.807) is 14.2 Å². The third-order valence-corrected chi connectivity index (χ3v) is 6.13. The Morgan fingerprint density at radius 1 is 0.825 bits per heavy atom. The Balaban J connectivity index is 1.56. The van der Waals surface area contributed by atoms with Gasteiger partial charge in [0.1, 0.15) is 11.3 Å². The average Bonchev–Trinajstić information content (AvgIpc) is 3.60. The Kier molecular flexibility index (Phi) is 7.99. The summed E-state index contributed by atoms with van der Waals surface area (Å²) in [5, 5.41) is 22.9. The van der Waals surface area contributed by atoms with Crippen LogP contribution >= 0.6 is 0 Å². The van der Waals surface area contributed by atoms with E-state index in [1.807, 2.05) is 18.2 Å². The van der Waals surface area contributed by atoms with E-state index in [-0.39, 0.29) is 24.9 Å². The van der Waals surface area contributed by atoms with Crippen molar-refractivity contribution in [2.24, 2.45) is 5.41 Å². The zero-order chi connectivity index (χ0) is 28.1. The molecule has 0 saturated heterocycles. The number of nitrogens with zero attached hydrogens (tertiary/aromatic N) is 7. The van der Waals surface area contributed by atoms with Gasteiger partial charge in [-0.2, -0.15) is 0 Å². The van der Waals surface area contributed by atoms with Gasteiger partial charge in [0.05, 0.1) is 0 Å². The Hall–Kier alpha value is -4.42. The van der Waals surface area contributed by atoms with Gasteiger partial charge >= 0.3 is 0 Å². The second-order valence-electron chi connectivity index (χ2n) is 10.5. The Morgan fingerprint density at radius 2 is 1.50 bits per heavy atom. The van der Waals surface area contributed by atoms with E-state index in [4.69, 9.17) is 23.9 Å². The smallest absolute Gasteiger partial charge is 0.264 e. The third-order valence-electron chi connectivity index (χ3n) is 6.13. The lowest BCUT2D eigenvalue weighted by Crippen LogP contribution is -2.15. The number of ether oxygens (including phenoxy) is 4. The van der Waals surface area contributed by atoms with Gasteiger partial charge in [0.15, 0.2) is 24.9 Å². The van der Waals surface area contributed by atoms with Crippen LogP contribution in [0.5, 0.6) is 11.8 Å². The second kappa shape index (κ2) is 11.8. The summed E-state index contributed by atoms with van der Waals surface area (Å²) >= 11 is 0. The molecule has 208 valence electrons. The van der Waals surface area contributed by atoms with Crippen LogP contribution in [0.1, 0.15) is 32.2 Å². The van der Waals surface area contributed by atoms with Crippen LogP contribution in [-0.4, -0.2) is 68.2 Å². The highest BCUT2D eigenvalue weighted by molar-refractivity contribution is 5.85. The molecule has 0 spiro atoms. The van der Waals surface area contributed by atoms with Crippen molar-refractivity contribution >= 4 is 11.0 Å². The number of tetrazole rings is 1. The molecular weight excluding hydrogens is 512 g/mol. The van der Waals surface area contributed by atoms with Gasteiger partial charge in [-0.1, -0.05) is 69.3 Å². The van der Waals surface area contributed by atoms with Gasteiger partial charge in [-0.25, -0.2) is 10.1 Å². The van der Waals surface area contributed by atoms with E-state index in [9.17, 15) is 0 Å². The molecule has 0 unspecified atom stereocenters. The minimum absolute atomic E-state index is 0.0236. The molecule has 0 atom stereocenters. The van der Waals surface area contributed by atoms with Gasteiger partial charge in [0.2, 0.25) is 0 Å². The molecule has 3 heterocycles. The molecular formula is C28H32N8O4. The van der Waals surface area contributed by atoms with Crippen LogP contribution in [-0.2, 0) is 22.4 Å². The molecule has 0 amide bonds. The third kappa shape index (κ3) is 5.92. The minimum Gasteiger partial charge on any atom is -0.448 e. The highest BCUT2D eigenvalue weighted by Crippen LogP contribution is 2.34. The SMILES string of the molecule is COCOc1nnc(OCOC)c2c1nc(CC(C)(C)C)n2Cc1ccc(-c2ccccc2-c2nnn[nH]2)cc1. The van der Waals surface area contributed by atoms with Crippen molar-refractivity contribution in [2.75, 3.05) is 27.8 Å². The van der Waals surface area contributed by atoms with E-state index in [0.717, 1.165) is 28.1 Å². The molecule has 3 aromatic heterocycles. The Morgan fingerprint density at radius 3 is 2.15 bits per heavy atom. The molecule has 0 bridgehead atoms.